The molecule has 0 atom stereocenters. The fourth-order valence-corrected chi connectivity index (χ4v) is 3.17. The van der Waals surface area contributed by atoms with E-state index in [-0.39, 0.29) is 12.5 Å². The van der Waals surface area contributed by atoms with E-state index in [1.165, 1.54) is 11.3 Å². The summed E-state index contributed by atoms with van der Waals surface area (Å²) in [4.78, 5) is 14.9. The normalized spacial score (nSPS) is 11.1. The number of carbonyl (C=O) groups is 1. The number of rotatable bonds is 6. The molecule has 0 radical (unpaired) electrons. The summed E-state index contributed by atoms with van der Waals surface area (Å²) in [6.45, 7) is 0.557. The van der Waals surface area contributed by atoms with E-state index in [4.69, 9.17) is 5.11 Å². The van der Waals surface area contributed by atoms with Crippen LogP contribution in [0.25, 0.3) is 11.8 Å². The Kier molecular flexibility index (Phi) is 5.42. The number of hydrogen-bond acceptors (Lipinski definition) is 4. The van der Waals surface area contributed by atoms with E-state index >= 15 is 0 Å². The lowest BCUT2D eigenvalue weighted by Crippen LogP contribution is -2.24. The lowest BCUT2D eigenvalue weighted by molar-refractivity contribution is -0.125. The van der Waals surface area contributed by atoms with Gasteiger partial charge in [-0.2, -0.15) is 5.10 Å². The number of likely N-dealkylation sites (N-methyl/N-ethyl adjacent to an activating group) is 1. The summed E-state index contributed by atoms with van der Waals surface area (Å²) in [6, 6.07) is 11.7. The van der Waals surface area contributed by atoms with Crippen LogP contribution in [-0.2, 0) is 17.9 Å². The monoisotopic (exact) mass is 353 g/mol. The summed E-state index contributed by atoms with van der Waals surface area (Å²) in [7, 11) is 1.78. The summed E-state index contributed by atoms with van der Waals surface area (Å²) in [5.41, 5.74) is 2.90. The number of benzene rings is 1. The zero-order valence-electron chi connectivity index (χ0n) is 13.9. The molecular weight excluding hydrogens is 334 g/mol. The molecular formula is C19H19N3O2S. The zero-order chi connectivity index (χ0) is 17.6. The second-order valence-corrected chi connectivity index (χ2v) is 6.60. The molecule has 0 bridgehead atoms. The highest BCUT2D eigenvalue weighted by molar-refractivity contribution is 7.11. The molecule has 0 aliphatic rings. The molecule has 2 aromatic heterocycles. The van der Waals surface area contributed by atoms with Crippen molar-refractivity contribution in [3.63, 3.8) is 0 Å². The number of amides is 1. The van der Waals surface area contributed by atoms with Crippen LogP contribution < -0.4 is 0 Å². The second kappa shape index (κ2) is 7.92. The fourth-order valence-electron chi connectivity index (χ4n) is 2.37. The number of carbonyl (C=O) groups excluding carboxylic acids is 1. The molecule has 128 valence electrons. The average Bonchev–Trinajstić information content (AvgIpc) is 3.32. The smallest absolute Gasteiger partial charge is 0.246 e. The Morgan fingerprint density at radius 3 is 2.76 bits per heavy atom. The molecule has 25 heavy (non-hydrogen) atoms. The Bertz CT molecular complexity index is 851. The summed E-state index contributed by atoms with van der Waals surface area (Å²) in [6.07, 6.45) is 6.97. The molecule has 3 aromatic rings. The Balaban J connectivity index is 1.59. The van der Waals surface area contributed by atoms with Gasteiger partial charge >= 0.3 is 0 Å². The standard InChI is InChI=1S/C19H19N3O2S/c1-21(19(24)8-7-18-11-16(13-23)14-25-18)12-15-3-5-17(6-4-15)22-10-2-9-20-22/h2-11,14,23H,12-13H2,1H3/b8-7+. The first-order valence-corrected chi connectivity index (χ1v) is 8.74. The van der Waals surface area contributed by atoms with Gasteiger partial charge in [-0.15, -0.1) is 11.3 Å². The van der Waals surface area contributed by atoms with E-state index in [9.17, 15) is 4.79 Å². The summed E-state index contributed by atoms with van der Waals surface area (Å²) in [5.74, 6) is -0.0601. The maximum Gasteiger partial charge on any atom is 0.246 e. The molecule has 0 spiro atoms. The summed E-state index contributed by atoms with van der Waals surface area (Å²) in [5, 5.41) is 15.1. The first-order chi connectivity index (χ1) is 12.2. The van der Waals surface area contributed by atoms with Crippen molar-refractivity contribution in [2.24, 2.45) is 0 Å². The van der Waals surface area contributed by atoms with Crippen LogP contribution in [-0.4, -0.2) is 32.7 Å². The molecule has 5 nitrogen and oxygen atoms in total. The van der Waals surface area contributed by atoms with Crippen LogP contribution in [0, 0.1) is 0 Å². The van der Waals surface area contributed by atoms with Crippen molar-refractivity contribution in [2.75, 3.05) is 7.05 Å². The quantitative estimate of drug-likeness (QED) is 0.693. The SMILES string of the molecule is CN(Cc1ccc(-n2cccn2)cc1)C(=O)/C=C/c1cc(CO)cs1. The summed E-state index contributed by atoms with van der Waals surface area (Å²) >= 11 is 1.51. The van der Waals surface area contributed by atoms with Gasteiger partial charge in [0.05, 0.1) is 12.3 Å². The van der Waals surface area contributed by atoms with Crippen molar-refractivity contribution in [3.05, 3.63) is 76.3 Å². The predicted octanol–water partition coefficient (Wildman–Crippen LogP) is 3.10. The molecule has 0 fully saturated rings. The molecule has 0 unspecified atom stereocenters. The number of thiophene rings is 1. The second-order valence-electron chi connectivity index (χ2n) is 5.66. The highest BCUT2D eigenvalue weighted by Gasteiger charge is 2.06. The minimum atomic E-state index is -0.0601. The zero-order valence-corrected chi connectivity index (χ0v) is 14.7. The highest BCUT2D eigenvalue weighted by atomic mass is 32.1. The molecule has 6 heteroatoms. The first kappa shape index (κ1) is 17.1. The number of aromatic nitrogens is 2. The topological polar surface area (TPSA) is 58.4 Å². The van der Waals surface area contributed by atoms with Crippen LogP contribution in [0.5, 0.6) is 0 Å². The van der Waals surface area contributed by atoms with Gasteiger partial charge < -0.3 is 10.0 Å². The average molecular weight is 353 g/mol. The molecule has 3 rings (SSSR count). The molecule has 0 aliphatic heterocycles. The van der Waals surface area contributed by atoms with Crippen molar-refractivity contribution in [2.45, 2.75) is 13.2 Å². The van der Waals surface area contributed by atoms with E-state index in [0.29, 0.717) is 6.54 Å². The van der Waals surface area contributed by atoms with Gasteiger partial charge in [0.25, 0.3) is 0 Å². The van der Waals surface area contributed by atoms with E-state index < -0.39 is 0 Å². The van der Waals surface area contributed by atoms with Crippen LogP contribution >= 0.6 is 11.3 Å². The van der Waals surface area contributed by atoms with Crippen LogP contribution in [0.4, 0.5) is 0 Å². The van der Waals surface area contributed by atoms with Gasteiger partial charge in [0.15, 0.2) is 0 Å². The minimum absolute atomic E-state index is 0.0206. The van der Waals surface area contributed by atoms with E-state index in [2.05, 4.69) is 5.10 Å². The predicted molar refractivity (Wildman–Crippen MR) is 99.3 cm³/mol. The van der Waals surface area contributed by atoms with Gasteiger partial charge in [-0.25, -0.2) is 4.68 Å². The van der Waals surface area contributed by atoms with Crippen molar-refractivity contribution < 1.29 is 9.90 Å². The number of aliphatic hydroxyl groups excluding tert-OH is 1. The Hall–Kier alpha value is -2.70. The van der Waals surface area contributed by atoms with Gasteiger partial charge in [-0.05, 0) is 46.8 Å². The van der Waals surface area contributed by atoms with Crippen LogP contribution in [0.1, 0.15) is 16.0 Å². The van der Waals surface area contributed by atoms with Gasteiger partial charge in [-0.3, -0.25) is 4.79 Å². The van der Waals surface area contributed by atoms with Crippen molar-refractivity contribution in [3.8, 4) is 5.69 Å². The maximum atomic E-state index is 12.2. The largest absolute Gasteiger partial charge is 0.392 e. The van der Waals surface area contributed by atoms with Crippen molar-refractivity contribution >= 4 is 23.3 Å². The molecule has 1 amide bonds. The van der Waals surface area contributed by atoms with Crippen LogP contribution in [0.3, 0.4) is 0 Å². The Morgan fingerprint density at radius 2 is 2.12 bits per heavy atom. The first-order valence-electron chi connectivity index (χ1n) is 7.86. The Morgan fingerprint density at radius 1 is 1.32 bits per heavy atom. The van der Waals surface area contributed by atoms with Crippen LogP contribution in [0.15, 0.2) is 60.2 Å². The van der Waals surface area contributed by atoms with Gasteiger partial charge in [0.1, 0.15) is 0 Å². The summed E-state index contributed by atoms with van der Waals surface area (Å²) < 4.78 is 1.79. The molecule has 0 saturated heterocycles. The minimum Gasteiger partial charge on any atom is -0.392 e. The van der Waals surface area contributed by atoms with Crippen molar-refractivity contribution in [1.82, 2.24) is 14.7 Å². The maximum absolute atomic E-state index is 12.2. The van der Waals surface area contributed by atoms with Gasteiger partial charge in [0, 0.05) is 36.9 Å². The molecule has 1 N–H and O–H groups in total. The third-order valence-corrected chi connectivity index (χ3v) is 4.69. The lowest BCUT2D eigenvalue weighted by Gasteiger charge is -2.15. The van der Waals surface area contributed by atoms with E-state index in [0.717, 1.165) is 21.7 Å². The molecule has 0 saturated carbocycles. The van der Waals surface area contributed by atoms with E-state index in [1.54, 1.807) is 35.0 Å². The van der Waals surface area contributed by atoms with Gasteiger partial charge in [0.2, 0.25) is 5.91 Å². The number of nitrogens with zero attached hydrogens (tertiary/aromatic N) is 3. The third kappa shape index (κ3) is 4.43. The third-order valence-electron chi connectivity index (χ3n) is 3.75. The molecule has 1 aromatic carbocycles. The number of hydrogen-bond donors (Lipinski definition) is 1. The van der Waals surface area contributed by atoms with E-state index in [1.807, 2.05) is 48.0 Å². The Labute approximate surface area is 150 Å². The van der Waals surface area contributed by atoms with Crippen molar-refractivity contribution in [1.29, 1.82) is 0 Å². The molecule has 0 aliphatic carbocycles. The van der Waals surface area contributed by atoms with Crippen LogP contribution in [0.2, 0.25) is 0 Å². The number of aliphatic hydroxyl groups is 1. The molecule has 2 heterocycles. The highest BCUT2D eigenvalue weighted by Crippen LogP contribution is 2.16. The fraction of sp³-hybridized carbons (Fsp3) is 0.158. The lowest BCUT2D eigenvalue weighted by atomic mass is 10.2. The van der Waals surface area contributed by atoms with Gasteiger partial charge in [-0.1, -0.05) is 12.1 Å².